The number of esters is 1. The van der Waals surface area contributed by atoms with E-state index in [1.165, 1.54) is 0 Å². The maximum atomic E-state index is 11.3. The van der Waals surface area contributed by atoms with Crippen LogP contribution in [0.25, 0.3) is 0 Å². The largest absolute Gasteiger partial charge is 0.426 e. The summed E-state index contributed by atoms with van der Waals surface area (Å²) >= 11 is 0. The molecule has 80 valence electrons. The third-order valence-electron chi connectivity index (χ3n) is 1.77. The monoisotopic (exact) mass is 206 g/mol. The predicted molar refractivity (Wildman–Crippen MR) is 57.5 cm³/mol. The smallest absolute Gasteiger partial charge is 0.314 e. The second-order valence-corrected chi connectivity index (χ2v) is 3.08. The van der Waals surface area contributed by atoms with Gasteiger partial charge in [0.2, 0.25) is 0 Å². The molecule has 0 spiro atoms. The standard InChI is InChI=1S/C12H14O3/c1-2-6-10(13)9-12(14)15-11-7-4-3-5-8-11/h2-8,10,13H,9H2,1H3/t10-/m1/s1. The topological polar surface area (TPSA) is 46.5 Å². The Labute approximate surface area is 89.0 Å². The quantitative estimate of drug-likeness (QED) is 0.465. The Morgan fingerprint density at radius 2 is 2.13 bits per heavy atom. The van der Waals surface area contributed by atoms with E-state index in [1.54, 1.807) is 43.3 Å². The first-order valence-electron chi connectivity index (χ1n) is 4.79. The number of carbonyl (C=O) groups is 1. The molecule has 1 atom stereocenters. The summed E-state index contributed by atoms with van der Waals surface area (Å²) in [5.41, 5.74) is 0. The predicted octanol–water partition coefficient (Wildman–Crippen LogP) is 1.92. The van der Waals surface area contributed by atoms with Gasteiger partial charge in [0.1, 0.15) is 5.75 Å². The van der Waals surface area contributed by atoms with E-state index in [-0.39, 0.29) is 6.42 Å². The maximum absolute atomic E-state index is 11.3. The molecule has 1 rings (SSSR count). The molecule has 0 fully saturated rings. The van der Waals surface area contributed by atoms with Crippen molar-refractivity contribution in [2.45, 2.75) is 19.4 Å². The summed E-state index contributed by atoms with van der Waals surface area (Å²) in [4.78, 5) is 11.3. The van der Waals surface area contributed by atoms with Crippen LogP contribution in [-0.4, -0.2) is 17.2 Å². The highest BCUT2D eigenvalue weighted by Crippen LogP contribution is 2.09. The maximum Gasteiger partial charge on any atom is 0.314 e. The molecule has 0 aromatic heterocycles. The van der Waals surface area contributed by atoms with Gasteiger partial charge in [-0.15, -0.1) is 0 Å². The first-order chi connectivity index (χ1) is 7.22. The molecule has 0 unspecified atom stereocenters. The molecule has 1 aromatic carbocycles. The lowest BCUT2D eigenvalue weighted by Gasteiger charge is -2.05. The van der Waals surface area contributed by atoms with Gasteiger partial charge in [-0.05, 0) is 19.1 Å². The Kier molecular flexibility index (Phi) is 4.57. The summed E-state index contributed by atoms with van der Waals surface area (Å²) < 4.78 is 5.00. The van der Waals surface area contributed by atoms with E-state index in [4.69, 9.17) is 4.74 Å². The molecule has 0 amide bonds. The lowest BCUT2D eigenvalue weighted by Crippen LogP contribution is -2.15. The van der Waals surface area contributed by atoms with Crippen LogP contribution in [0.15, 0.2) is 42.5 Å². The molecule has 0 heterocycles. The molecule has 0 aliphatic carbocycles. The fourth-order valence-electron chi connectivity index (χ4n) is 1.12. The fourth-order valence-corrected chi connectivity index (χ4v) is 1.12. The average molecular weight is 206 g/mol. The summed E-state index contributed by atoms with van der Waals surface area (Å²) in [6.07, 6.45) is 2.44. The molecule has 1 aromatic rings. The van der Waals surface area contributed by atoms with Crippen LogP contribution < -0.4 is 4.74 Å². The van der Waals surface area contributed by atoms with Gasteiger partial charge in [-0.3, -0.25) is 4.79 Å². The highest BCUT2D eigenvalue weighted by atomic mass is 16.5. The van der Waals surface area contributed by atoms with Crippen LogP contribution in [0.2, 0.25) is 0 Å². The Bertz CT molecular complexity index is 330. The van der Waals surface area contributed by atoms with Gasteiger partial charge < -0.3 is 9.84 Å². The summed E-state index contributed by atoms with van der Waals surface area (Å²) in [5, 5.41) is 9.31. The highest BCUT2D eigenvalue weighted by Gasteiger charge is 2.09. The Morgan fingerprint density at radius 1 is 1.47 bits per heavy atom. The molecule has 1 N–H and O–H groups in total. The fraction of sp³-hybridized carbons (Fsp3) is 0.250. The van der Waals surface area contributed by atoms with E-state index in [9.17, 15) is 9.90 Å². The number of ether oxygens (including phenoxy) is 1. The lowest BCUT2D eigenvalue weighted by atomic mass is 10.2. The van der Waals surface area contributed by atoms with E-state index in [1.807, 2.05) is 6.07 Å². The van der Waals surface area contributed by atoms with Crippen molar-refractivity contribution in [3.05, 3.63) is 42.5 Å². The molecule has 3 heteroatoms. The van der Waals surface area contributed by atoms with Gasteiger partial charge in [-0.1, -0.05) is 30.4 Å². The Balaban J connectivity index is 2.43. The van der Waals surface area contributed by atoms with Crippen molar-refractivity contribution in [3.63, 3.8) is 0 Å². The molecule has 0 aliphatic heterocycles. The molecular weight excluding hydrogens is 192 g/mol. The van der Waals surface area contributed by atoms with Crippen LogP contribution in [0.4, 0.5) is 0 Å². The van der Waals surface area contributed by atoms with Crippen molar-refractivity contribution in [3.8, 4) is 5.75 Å². The minimum atomic E-state index is -0.772. The van der Waals surface area contributed by atoms with Crippen molar-refractivity contribution < 1.29 is 14.6 Å². The number of rotatable bonds is 4. The van der Waals surface area contributed by atoms with Crippen LogP contribution in [0.1, 0.15) is 13.3 Å². The highest BCUT2D eigenvalue weighted by molar-refractivity contribution is 5.73. The molecule has 0 saturated carbocycles. The normalized spacial score (nSPS) is 12.7. The van der Waals surface area contributed by atoms with E-state index in [0.29, 0.717) is 5.75 Å². The SMILES string of the molecule is CC=C[C@@H](O)CC(=O)Oc1ccccc1. The van der Waals surface area contributed by atoms with Gasteiger partial charge >= 0.3 is 5.97 Å². The molecule has 0 radical (unpaired) electrons. The van der Waals surface area contributed by atoms with E-state index in [2.05, 4.69) is 0 Å². The number of aliphatic hydroxyl groups is 1. The van der Waals surface area contributed by atoms with Crippen LogP contribution in [0, 0.1) is 0 Å². The number of benzene rings is 1. The van der Waals surface area contributed by atoms with Crippen molar-refractivity contribution >= 4 is 5.97 Å². The molecule has 15 heavy (non-hydrogen) atoms. The van der Waals surface area contributed by atoms with Crippen LogP contribution in [-0.2, 0) is 4.79 Å². The van der Waals surface area contributed by atoms with Gasteiger partial charge in [0.15, 0.2) is 0 Å². The second-order valence-electron chi connectivity index (χ2n) is 3.08. The minimum absolute atomic E-state index is 0.0285. The Morgan fingerprint density at radius 3 is 2.73 bits per heavy atom. The van der Waals surface area contributed by atoms with Gasteiger partial charge in [-0.2, -0.15) is 0 Å². The third kappa shape index (κ3) is 4.42. The zero-order chi connectivity index (χ0) is 11.1. The first kappa shape index (κ1) is 11.5. The van der Waals surface area contributed by atoms with Crippen molar-refractivity contribution in [1.29, 1.82) is 0 Å². The number of para-hydroxylation sites is 1. The summed E-state index contributed by atoms with van der Waals surface area (Å²) in [6.45, 7) is 1.78. The Hall–Kier alpha value is -1.61. The van der Waals surface area contributed by atoms with E-state index >= 15 is 0 Å². The van der Waals surface area contributed by atoms with Gasteiger partial charge in [0.25, 0.3) is 0 Å². The number of aliphatic hydroxyl groups excluding tert-OH is 1. The van der Waals surface area contributed by atoms with Crippen LogP contribution in [0.5, 0.6) is 5.75 Å². The van der Waals surface area contributed by atoms with Crippen molar-refractivity contribution in [1.82, 2.24) is 0 Å². The molecule has 0 aliphatic rings. The van der Waals surface area contributed by atoms with Gasteiger partial charge in [0, 0.05) is 0 Å². The summed E-state index contributed by atoms with van der Waals surface area (Å²) in [5.74, 6) is 0.0574. The summed E-state index contributed by atoms with van der Waals surface area (Å²) in [6, 6.07) is 8.79. The third-order valence-corrected chi connectivity index (χ3v) is 1.77. The number of allylic oxidation sites excluding steroid dienone is 1. The molecule has 0 saturated heterocycles. The lowest BCUT2D eigenvalue weighted by molar-refractivity contribution is -0.135. The molecular formula is C12H14O3. The number of hydrogen-bond donors (Lipinski definition) is 1. The van der Waals surface area contributed by atoms with E-state index in [0.717, 1.165) is 0 Å². The van der Waals surface area contributed by atoms with Crippen LogP contribution >= 0.6 is 0 Å². The molecule has 0 bridgehead atoms. The number of hydrogen-bond acceptors (Lipinski definition) is 3. The van der Waals surface area contributed by atoms with Crippen molar-refractivity contribution in [2.75, 3.05) is 0 Å². The van der Waals surface area contributed by atoms with E-state index < -0.39 is 12.1 Å². The van der Waals surface area contributed by atoms with Gasteiger partial charge in [-0.25, -0.2) is 0 Å². The average Bonchev–Trinajstić information content (AvgIpc) is 2.19. The summed E-state index contributed by atoms with van der Waals surface area (Å²) in [7, 11) is 0. The van der Waals surface area contributed by atoms with Crippen LogP contribution in [0.3, 0.4) is 0 Å². The number of carbonyl (C=O) groups excluding carboxylic acids is 1. The first-order valence-corrected chi connectivity index (χ1v) is 4.79. The zero-order valence-corrected chi connectivity index (χ0v) is 8.59. The molecule has 3 nitrogen and oxygen atoms in total. The minimum Gasteiger partial charge on any atom is -0.426 e. The van der Waals surface area contributed by atoms with Crippen molar-refractivity contribution in [2.24, 2.45) is 0 Å². The second kappa shape index (κ2) is 5.98. The zero-order valence-electron chi connectivity index (χ0n) is 8.59. The van der Waals surface area contributed by atoms with Gasteiger partial charge in [0.05, 0.1) is 12.5 Å².